The first kappa shape index (κ1) is 69.9. The summed E-state index contributed by atoms with van der Waals surface area (Å²) in [5.41, 5.74) is 29.5. The minimum absolute atomic E-state index is 0.628. The van der Waals surface area contributed by atoms with E-state index >= 15 is 0 Å². The molecule has 0 radical (unpaired) electrons. The Kier molecular flexibility index (Phi) is 18.1. The SMILES string of the molecule is c1ccc(-c2ccc(-c3cc(-c4ccc(-c5ccc(-c6nc7ccccc7c7c8ccccc8n(-c8ccccc8)c67)cc5)cc4)nc(-c4ccccc4)n3)cc2)cc1.c1ccc(-c2ccc(-c3nc(-c4ccccc4)nc(-c4ccc(-c5ccc(-c6nc7ccccc7c7c8ccccc8n(-c8ccccc8)c67)cc5)cc4)n3)cc2)cc1. The molecule has 0 aliphatic heterocycles. The van der Waals surface area contributed by atoms with E-state index in [2.05, 4.69) is 379 Å². The van der Waals surface area contributed by atoms with Gasteiger partial charge in [-0.2, -0.15) is 0 Å². The molecule has 9 nitrogen and oxygen atoms in total. The third kappa shape index (κ3) is 13.3. The summed E-state index contributed by atoms with van der Waals surface area (Å²) in [5, 5.41) is 7.17. The van der Waals surface area contributed by atoms with Crippen molar-refractivity contribution in [1.82, 2.24) is 44.0 Å². The molecule has 0 saturated heterocycles. The van der Waals surface area contributed by atoms with Crippen LogP contribution in [0.15, 0.2) is 431 Å². The quantitative estimate of drug-likeness (QED) is 0.107. The van der Waals surface area contributed by atoms with Gasteiger partial charge in [0.05, 0.1) is 55.9 Å². The van der Waals surface area contributed by atoms with Gasteiger partial charge in [-0.05, 0) is 99.1 Å². The molecule has 0 N–H and O–H groups in total. The van der Waals surface area contributed by atoms with Crippen LogP contribution < -0.4 is 0 Å². The highest BCUT2D eigenvalue weighted by molar-refractivity contribution is 6.25. The third-order valence-corrected chi connectivity index (χ3v) is 22.3. The number of nitrogens with zero attached hydrogens (tertiary/aromatic N) is 9. The second-order valence-corrected chi connectivity index (χ2v) is 29.5. The monoisotopic (exact) mass is 1510 g/mol. The third-order valence-electron chi connectivity index (χ3n) is 22.3. The number of aromatic nitrogens is 9. The Morgan fingerprint density at radius 1 is 0.161 bits per heavy atom. The minimum atomic E-state index is 0.628. The predicted molar refractivity (Wildman–Crippen MR) is 486 cm³/mol. The molecule has 9 heteroatoms. The molecule has 16 aromatic carbocycles. The zero-order valence-corrected chi connectivity index (χ0v) is 64.0. The van der Waals surface area contributed by atoms with Crippen LogP contribution in [-0.2, 0) is 0 Å². The number of para-hydroxylation sites is 6. The van der Waals surface area contributed by atoms with E-state index < -0.39 is 0 Å². The summed E-state index contributed by atoms with van der Waals surface area (Å²) in [7, 11) is 0. The Morgan fingerprint density at radius 2 is 0.390 bits per heavy atom. The molecule has 552 valence electrons. The van der Waals surface area contributed by atoms with Crippen LogP contribution in [0.25, 0.3) is 212 Å². The van der Waals surface area contributed by atoms with Crippen molar-refractivity contribution in [3.05, 3.63) is 431 Å². The van der Waals surface area contributed by atoms with Crippen molar-refractivity contribution in [2.24, 2.45) is 0 Å². The number of hydrogen-bond donors (Lipinski definition) is 0. The standard InChI is InChI=1S/C55H36N4.C54H35N5/c1-4-14-37(15-5-1)38-24-30-41(31-25-38)49-36-50(58-55(57-49)44-16-6-2-7-17-44)42-32-26-39(27-33-42)40-28-34-43(35-29-40)53-54-52(46-20-10-12-22-48(46)56-53)47-21-11-13-23-51(47)59(54)45-18-8-3-9-19-45;1-4-14-36(15-5-1)37-26-32-42(33-27-37)53-56-52(41-16-6-2-7-17-41)57-54(58-53)43-34-28-39(29-35-43)38-24-30-40(31-25-38)50-51-49(45-20-10-12-22-47(45)55-50)46-21-11-13-23-48(46)59(51)44-18-8-3-9-19-44/h1-36H;1-35H. The van der Waals surface area contributed by atoms with Gasteiger partial charge in [0.15, 0.2) is 23.3 Å². The number of benzene rings is 16. The van der Waals surface area contributed by atoms with Crippen LogP contribution in [0.4, 0.5) is 0 Å². The van der Waals surface area contributed by atoms with Gasteiger partial charge in [-0.25, -0.2) is 34.9 Å². The summed E-state index contributed by atoms with van der Waals surface area (Å²) < 4.78 is 4.73. The van der Waals surface area contributed by atoms with E-state index in [9.17, 15) is 0 Å². The molecule has 0 unspecified atom stereocenters. The van der Waals surface area contributed by atoms with Crippen LogP contribution >= 0.6 is 0 Å². The molecule has 0 spiro atoms. The van der Waals surface area contributed by atoms with E-state index in [0.29, 0.717) is 23.3 Å². The molecule has 0 saturated carbocycles. The van der Waals surface area contributed by atoms with E-state index in [1.54, 1.807) is 0 Å². The van der Waals surface area contributed by atoms with Crippen LogP contribution in [0.2, 0.25) is 0 Å². The second kappa shape index (κ2) is 30.5. The lowest BCUT2D eigenvalue weighted by Crippen LogP contribution is -2.00. The van der Waals surface area contributed by atoms with E-state index in [1.807, 2.05) is 60.7 Å². The molecular weight excluding hydrogens is 1440 g/mol. The zero-order chi connectivity index (χ0) is 78.2. The Hall–Kier alpha value is -16.0. The lowest BCUT2D eigenvalue weighted by molar-refractivity contribution is 1.07. The van der Waals surface area contributed by atoms with Crippen LogP contribution in [0.1, 0.15) is 0 Å². The Bertz CT molecular complexity index is 6980. The highest BCUT2D eigenvalue weighted by atomic mass is 15.0. The minimum Gasteiger partial charge on any atom is -0.307 e. The zero-order valence-electron chi connectivity index (χ0n) is 64.0. The first-order chi connectivity index (χ1) is 58.5. The van der Waals surface area contributed by atoms with Gasteiger partial charge in [0, 0.05) is 88.2 Å². The van der Waals surface area contributed by atoms with Crippen molar-refractivity contribution in [1.29, 1.82) is 0 Å². The molecule has 22 aromatic rings. The van der Waals surface area contributed by atoms with Crippen molar-refractivity contribution >= 4 is 65.4 Å². The molecule has 0 bridgehead atoms. The van der Waals surface area contributed by atoms with E-state index in [1.165, 1.54) is 38.2 Å². The summed E-state index contributed by atoms with van der Waals surface area (Å²) in [5.74, 6) is 2.60. The van der Waals surface area contributed by atoms with Gasteiger partial charge in [-0.1, -0.05) is 376 Å². The maximum atomic E-state index is 5.35. The van der Waals surface area contributed by atoms with Crippen molar-refractivity contribution in [3.63, 3.8) is 0 Å². The van der Waals surface area contributed by atoms with Gasteiger partial charge in [0.2, 0.25) is 0 Å². The van der Waals surface area contributed by atoms with Crippen LogP contribution in [0.3, 0.4) is 0 Å². The summed E-state index contributed by atoms with van der Waals surface area (Å²) >= 11 is 0. The van der Waals surface area contributed by atoms with E-state index in [-0.39, 0.29) is 0 Å². The first-order valence-electron chi connectivity index (χ1n) is 39.8. The molecular formula is C109H71N9. The number of hydrogen-bond acceptors (Lipinski definition) is 7. The molecule has 0 aliphatic rings. The summed E-state index contributed by atoms with van der Waals surface area (Å²) in [6.07, 6.45) is 0. The highest BCUT2D eigenvalue weighted by Gasteiger charge is 2.24. The van der Waals surface area contributed by atoms with Gasteiger partial charge in [0.1, 0.15) is 0 Å². The van der Waals surface area contributed by atoms with Gasteiger partial charge in [0.25, 0.3) is 0 Å². The molecule has 0 atom stereocenters. The van der Waals surface area contributed by atoms with E-state index in [0.717, 1.165) is 150 Å². The Balaban J connectivity index is 0.000000147. The van der Waals surface area contributed by atoms with Crippen molar-refractivity contribution in [2.75, 3.05) is 0 Å². The van der Waals surface area contributed by atoms with Crippen LogP contribution in [0, 0.1) is 0 Å². The average Bonchev–Trinajstić information content (AvgIpc) is 1.56. The normalized spacial score (nSPS) is 11.4. The fraction of sp³-hybridized carbons (Fsp3) is 0. The summed E-state index contributed by atoms with van der Waals surface area (Å²) in [6, 6.07) is 151. The number of pyridine rings is 2. The molecule has 0 amide bonds. The van der Waals surface area contributed by atoms with Crippen molar-refractivity contribution in [2.45, 2.75) is 0 Å². The maximum Gasteiger partial charge on any atom is 0.164 e. The Morgan fingerprint density at radius 3 is 0.720 bits per heavy atom. The predicted octanol–water partition coefficient (Wildman–Crippen LogP) is 27.6. The molecule has 118 heavy (non-hydrogen) atoms. The molecule has 22 rings (SSSR count). The van der Waals surface area contributed by atoms with E-state index in [4.69, 9.17) is 34.9 Å². The van der Waals surface area contributed by atoms with Crippen LogP contribution in [0.5, 0.6) is 0 Å². The van der Waals surface area contributed by atoms with Crippen LogP contribution in [-0.4, -0.2) is 44.0 Å². The van der Waals surface area contributed by atoms with Gasteiger partial charge < -0.3 is 9.13 Å². The maximum absolute atomic E-state index is 5.35. The lowest BCUT2D eigenvalue weighted by atomic mass is 9.98. The molecule has 0 fully saturated rings. The number of fused-ring (bicyclic) bond motifs is 10. The summed E-state index contributed by atoms with van der Waals surface area (Å²) in [6.45, 7) is 0. The van der Waals surface area contributed by atoms with Gasteiger partial charge >= 0.3 is 0 Å². The Labute approximate surface area is 682 Å². The first-order valence-corrected chi connectivity index (χ1v) is 39.8. The molecule has 0 aliphatic carbocycles. The fourth-order valence-electron chi connectivity index (χ4n) is 16.5. The second-order valence-electron chi connectivity index (χ2n) is 29.5. The van der Waals surface area contributed by atoms with Gasteiger partial charge in [-0.15, -0.1) is 0 Å². The van der Waals surface area contributed by atoms with Crippen molar-refractivity contribution < 1.29 is 0 Å². The largest absolute Gasteiger partial charge is 0.307 e. The summed E-state index contributed by atoms with van der Waals surface area (Å²) in [4.78, 5) is 35.7. The average molecular weight is 1510 g/mol. The topological polar surface area (TPSA) is 100 Å². The lowest BCUT2D eigenvalue weighted by Gasteiger charge is -2.13. The number of rotatable bonds is 14. The highest BCUT2D eigenvalue weighted by Crippen LogP contribution is 2.45. The molecule has 6 heterocycles. The molecule has 6 aromatic heterocycles. The smallest absolute Gasteiger partial charge is 0.164 e. The fourth-order valence-corrected chi connectivity index (χ4v) is 16.5. The van der Waals surface area contributed by atoms with Crippen molar-refractivity contribution in [3.8, 4) is 146 Å². The van der Waals surface area contributed by atoms with Gasteiger partial charge in [-0.3, -0.25) is 0 Å².